The Morgan fingerprint density at radius 3 is 2.72 bits per heavy atom. The van der Waals surface area contributed by atoms with E-state index >= 15 is 0 Å². The van der Waals surface area contributed by atoms with Gasteiger partial charge in [-0.1, -0.05) is 0 Å². The Kier molecular flexibility index (Phi) is 4.83. The molecule has 3 atom stereocenters. The number of hydrogen-bond donors (Lipinski definition) is 0. The summed E-state index contributed by atoms with van der Waals surface area (Å²) in [7, 11) is 3.85. The van der Waals surface area contributed by atoms with Crippen LogP contribution in [-0.4, -0.2) is 63.5 Å². The van der Waals surface area contributed by atoms with E-state index in [1.54, 1.807) is 0 Å². The van der Waals surface area contributed by atoms with Crippen LogP contribution in [0.2, 0.25) is 0 Å². The molecule has 0 unspecified atom stereocenters. The van der Waals surface area contributed by atoms with Gasteiger partial charge >= 0.3 is 0 Å². The average Bonchev–Trinajstić information content (AvgIpc) is 3.22. The highest BCUT2D eigenvalue weighted by Crippen LogP contribution is 2.34. The molecule has 0 spiro atoms. The molecule has 6 nitrogen and oxygen atoms in total. The molecule has 0 N–H and O–H groups in total. The van der Waals surface area contributed by atoms with Crippen molar-refractivity contribution in [2.75, 3.05) is 26.7 Å². The largest absolute Gasteiger partial charge is 0.381 e. The lowest BCUT2D eigenvalue weighted by Gasteiger charge is -2.41. The van der Waals surface area contributed by atoms with Crippen LogP contribution in [0.3, 0.4) is 0 Å². The molecule has 0 radical (unpaired) electrons. The first-order valence-electron chi connectivity index (χ1n) is 9.08. The zero-order valence-electron chi connectivity index (χ0n) is 15.1. The van der Waals surface area contributed by atoms with Crippen LogP contribution in [0.4, 0.5) is 0 Å². The molecule has 6 heteroatoms. The van der Waals surface area contributed by atoms with Crippen molar-refractivity contribution in [3.05, 3.63) is 48.0 Å². The van der Waals surface area contributed by atoms with Crippen molar-refractivity contribution >= 4 is 0 Å². The van der Waals surface area contributed by atoms with Gasteiger partial charge in [0.2, 0.25) is 0 Å². The fraction of sp³-hybridized carbons (Fsp3) is 0.579. The van der Waals surface area contributed by atoms with Crippen molar-refractivity contribution in [1.82, 2.24) is 24.6 Å². The highest BCUT2D eigenvalue weighted by molar-refractivity contribution is 5.11. The van der Waals surface area contributed by atoms with Gasteiger partial charge in [-0.15, -0.1) is 0 Å². The van der Waals surface area contributed by atoms with Gasteiger partial charge in [0.15, 0.2) is 0 Å². The summed E-state index contributed by atoms with van der Waals surface area (Å²) in [4.78, 5) is 9.32. The lowest BCUT2D eigenvalue weighted by Crippen LogP contribution is -2.50. The Morgan fingerprint density at radius 2 is 2.00 bits per heavy atom. The summed E-state index contributed by atoms with van der Waals surface area (Å²) in [6.07, 6.45) is 9.36. The molecule has 0 saturated carbocycles. The number of nitrogens with zero attached hydrogens (tertiary/aromatic N) is 5. The van der Waals surface area contributed by atoms with E-state index in [2.05, 4.69) is 38.2 Å². The molecular weight excluding hydrogens is 314 g/mol. The minimum atomic E-state index is 0.373. The molecule has 0 amide bonds. The number of rotatable bonds is 5. The molecule has 25 heavy (non-hydrogen) atoms. The second kappa shape index (κ2) is 7.23. The van der Waals surface area contributed by atoms with E-state index in [4.69, 9.17) is 4.74 Å². The normalized spacial score (nSPS) is 27.5. The number of methoxy groups -OCH3 is 1. The molecule has 2 saturated heterocycles. The van der Waals surface area contributed by atoms with Crippen LogP contribution < -0.4 is 0 Å². The summed E-state index contributed by atoms with van der Waals surface area (Å²) in [5.41, 5.74) is 2.63. The molecule has 2 fully saturated rings. The first-order chi connectivity index (χ1) is 12.2. The smallest absolute Gasteiger partial charge is 0.0639 e. The number of ether oxygens (including phenoxy) is 1. The Morgan fingerprint density at radius 1 is 1.16 bits per heavy atom. The first kappa shape index (κ1) is 16.7. The van der Waals surface area contributed by atoms with Gasteiger partial charge in [0.25, 0.3) is 0 Å². The van der Waals surface area contributed by atoms with Crippen LogP contribution in [-0.2, 0) is 24.9 Å². The summed E-state index contributed by atoms with van der Waals surface area (Å²) >= 11 is 0. The van der Waals surface area contributed by atoms with Crippen molar-refractivity contribution in [2.24, 2.45) is 13.0 Å². The molecule has 2 aromatic heterocycles. The van der Waals surface area contributed by atoms with Gasteiger partial charge in [-0.3, -0.25) is 19.5 Å². The van der Waals surface area contributed by atoms with Crippen molar-refractivity contribution in [3.8, 4) is 0 Å². The summed E-state index contributed by atoms with van der Waals surface area (Å²) < 4.78 is 7.71. The zero-order chi connectivity index (χ0) is 17.2. The minimum Gasteiger partial charge on any atom is -0.381 e. The van der Waals surface area contributed by atoms with Crippen molar-refractivity contribution in [3.63, 3.8) is 0 Å². The predicted octanol–water partition coefficient (Wildman–Crippen LogP) is 1.54. The fourth-order valence-corrected chi connectivity index (χ4v) is 4.47. The number of aromatic nitrogens is 3. The lowest BCUT2D eigenvalue weighted by molar-refractivity contribution is -0.0245. The van der Waals surface area contributed by atoms with E-state index in [1.807, 2.05) is 37.4 Å². The van der Waals surface area contributed by atoms with Crippen LogP contribution >= 0.6 is 0 Å². The molecule has 2 aliphatic heterocycles. The van der Waals surface area contributed by atoms with Gasteiger partial charge in [0.1, 0.15) is 0 Å². The van der Waals surface area contributed by atoms with Crippen LogP contribution in [0.15, 0.2) is 36.9 Å². The van der Waals surface area contributed by atoms with Crippen molar-refractivity contribution in [2.45, 2.75) is 31.7 Å². The third-order valence-electron chi connectivity index (χ3n) is 5.66. The van der Waals surface area contributed by atoms with Gasteiger partial charge in [0.05, 0.1) is 12.3 Å². The van der Waals surface area contributed by atoms with E-state index in [9.17, 15) is 0 Å². The van der Waals surface area contributed by atoms with Gasteiger partial charge in [-0.2, -0.15) is 5.10 Å². The van der Waals surface area contributed by atoms with E-state index in [-0.39, 0.29) is 0 Å². The maximum Gasteiger partial charge on any atom is 0.0639 e. The number of piperidine rings is 1. The van der Waals surface area contributed by atoms with Crippen molar-refractivity contribution in [1.29, 1.82) is 0 Å². The van der Waals surface area contributed by atoms with E-state index in [0.29, 0.717) is 18.1 Å². The molecule has 2 aromatic rings. The maximum atomic E-state index is 5.83. The lowest BCUT2D eigenvalue weighted by atomic mass is 9.89. The Bertz CT molecular complexity index is 688. The fourth-order valence-electron chi connectivity index (χ4n) is 4.47. The van der Waals surface area contributed by atoms with Crippen LogP contribution in [0, 0.1) is 5.92 Å². The predicted molar refractivity (Wildman–Crippen MR) is 95.8 cm³/mol. The molecule has 4 heterocycles. The van der Waals surface area contributed by atoms with E-state index in [0.717, 1.165) is 39.1 Å². The van der Waals surface area contributed by atoms with Gasteiger partial charge in [0, 0.05) is 83.0 Å². The van der Waals surface area contributed by atoms with Gasteiger partial charge < -0.3 is 4.74 Å². The molecular formula is C19H27N5O. The van der Waals surface area contributed by atoms with Crippen LogP contribution in [0.5, 0.6) is 0 Å². The zero-order valence-corrected chi connectivity index (χ0v) is 15.1. The molecule has 0 bridgehead atoms. The number of pyridine rings is 1. The summed E-state index contributed by atoms with van der Waals surface area (Å²) in [5, 5.41) is 4.32. The third-order valence-corrected chi connectivity index (χ3v) is 5.66. The molecule has 134 valence electrons. The van der Waals surface area contributed by atoms with Crippen LogP contribution in [0.25, 0.3) is 0 Å². The molecule has 0 aliphatic carbocycles. The number of fused-ring (bicyclic) bond motifs is 1. The Labute approximate surface area is 149 Å². The summed E-state index contributed by atoms with van der Waals surface area (Å²) in [5.74, 6) is 0.581. The number of likely N-dealkylation sites (tertiary alicyclic amines) is 2. The first-order valence-corrected chi connectivity index (χ1v) is 9.08. The number of hydrogen-bond acceptors (Lipinski definition) is 5. The maximum absolute atomic E-state index is 5.83. The van der Waals surface area contributed by atoms with Gasteiger partial charge in [-0.05, 0) is 24.1 Å². The molecule has 4 rings (SSSR count). The summed E-state index contributed by atoms with van der Waals surface area (Å²) in [6, 6.07) is 4.78. The standard InChI is InChI=1S/C19H27N5O/c1-22-10-16(9-21-22)12-24-8-5-19(25-2)17-13-23(14-18(17)24)11-15-3-6-20-7-4-15/h3-4,6-7,9-10,17-19H,5,8,11-14H2,1-2H3/t17-,18+,19-/m1/s1. The monoisotopic (exact) mass is 341 g/mol. The highest BCUT2D eigenvalue weighted by Gasteiger charge is 2.44. The summed E-state index contributed by atoms with van der Waals surface area (Å²) in [6.45, 7) is 5.28. The minimum absolute atomic E-state index is 0.373. The molecule has 0 aromatic carbocycles. The Balaban J connectivity index is 1.47. The van der Waals surface area contributed by atoms with Crippen LogP contribution in [0.1, 0.15) is 17.5 Å². The third kappa shape index (κ3) is 3.61. The SMILES string of the molecule is CO[C@@H]1CCN(Cc2cnn(C)c2)[C@H]2CN(Cc3ccncc3)C[C@@H]12. The van der Waals surface area contributed by atoms with E-state index < -0.39 is 0 Å². The molecule has 2 aliphatic rings. The second-order valence-corrected chi connectivity index (χ2v) is 7.34. The van der Waals surface area contributed by atoms with E-state index in [1.165, 1.54) is 11.1 Å². The quantitative estimate of drug-likeness (QED) is 0.825. The second-order valence-electron chi connectivity index (χ2n) is 7.34. The van der Waals surface area contributed by atoms with Gasteiger partial charge in [-0.25, -0.2) is 0 Å². The number of aryl methyl sites for hydroxylation is 1. The Hall–Kier alpha value is -1.76. The van der Waals surface area contributed by atoms with Crippen molar-refractivity contribution < 1.29 is 4.74 Å². The average molecular weight is 341 g/mol. The highest BCUT2D eigenvalue weighted by atomic mass is 16.5. The topological polar surface area (TPSA) is 46.4 Å².